The molecule has 4 unspecified atom stereocenters. The largest absolute Gasteiger partial charge is 0.384 e. The lowest BCUT2D eigenvalue weighted by molar-refractivity contribution is -0.127. The van der Waals surface area contributed by atoms with Gasteiger partial charge in [0.05, 0.1) is 6.10 Å². The average molecular weight is 174 g/mol. The third-order valence-corrected chi connectivity index (χ3v) is 2.26. The van der Waals surface area contributed by atoms with Crippen molar-refractivity contribution in [2.24, 2.45) is 0 Å². The van der Waals surface area contributed by atoms with Crippen LogP contribution in [-0.4, -0.2) is 39.4 Å². The summed E-state index contributed by atoms with van der Waals surface area (Å²) in [5, 5.41) is 28.2. The van der Waals surface area contributed by atoms with Crippen LogP contribution in [-0.2, 0) is 4.74 Å². The summed E-state index contributed by atoms with van der Waals surface area (Å²) in [6, 6.07) is 0. The molecule has 0 bridgehead atoms. The Morgan fingerprint density at radius 1 is 1.58 bits per heavy atom. The van der Waals surface area contributed by atoms with Crippen LogP contribution in [0.5, 0.6) is 0 Å². The summed E-state index contributed by atoms with van der Waals surface area (Å²) in [4.78, 5) is 0. The van der Waals surface area contributed by atoms with Crippen molar-refractivity contribution >= 4 is 0 Å². The van der Waals surface area contributed by atoms with Gasteiger partial charge in [0, 0.05) is 0 Å². The minimum absolute atomic E-state index is 0.511. The lowest BCUT2D eigenvalue weighted by atomic mass is 9.91. The molecule has 1 heterocycles. The average Bonchev–Trinajstić information content (AvgIpc) is 2.30. The van der Waals surface area contributed by atoms with E-state index in [1.54, 1.807) is 6.92 Å². The molecule has 0 aromatic heterocycles. The first-order chi connectivity index (χ1) is 5.56. The maximum atomic E-state index is 9.75. The molecule has 1 saturated heterocycles. The van der Waals surface area contributed by atoms with Gasteiger partial charge in [0.15, 0.2) is 6.29 Å². The Balaban J connectivity index is 2.87. The third kappa shape index (κ3) is 1.17. The van der Waals surface area contributed by atoms with Gasteiger partial charge in [0.2, 0.25) is 0 Å². The molecule has 0 aliphatic carbocycles. The van der Waals surface area contributed by atoms with Crippen molar-refractivity contribution in [1.29, 1.82) is 0 Å². The van der Waals surface area contributed by atoms with Gasteiger partial charge in [-0.15, -0.1) is 6.58 Å². The Morgan fingerprint density at radius 3 is 2.50 bits per heavy atom. The first-order valence-corrected chi connectivity index (χ1v) is 3.93. The van der Waals surface area contributed by atoms with Crippen LogP contribution >= 0.6 is 0 Å². The molecule has 12 heavy (non-hydrogen) atoms. The predicted molar refractivity (Wildman–Crippen MR) is 42.3 cm³/mol. The minimum atomic E-state index is -1.52. The smallest absolute Gasteiger partial charge is 0.184 e. The highest BCUT2D eigenvalue weighted by Crippen LogP contribution is 2.32. The first kappa shape index (κ1) is 9.67. The van der Waals surface area contributed by atoms with Crippen LogP contribution < -0.4 is 0 Å². The van der Waals surface area contributed by atoms with Crippen LogP contribution in [0.15, 0.2) is 12.7 Å². The van der Waals surface area contributed by atoms with Gasteiger partial charge in [-0.1, -0.05) is 13.0 Å². The highest BCUT2D eigenvalue weighted by atomic mass is 16.6. The second-order valence-corrected chi connectivity index (χ2v) is 2.96. The zero-order chi connectivity index (χ0) is 9.35. The fraction of sp³-hybridized carbons (Fsp3) is 0.750. The van der Waals surface area contributed by atoms with Gasteiger partial charge in [-0.05, 0) is 6.42 Å². The molecule has 4 heteroatoms. The summed E-state index contributed by atoms with van der Waals surface area (Å²) >= 11 is 0. The molecule has 0 saturated carbocycles. The molecule has 1 fully saturated rings. The van der Waals surface area contributed by atoms with E-state index in [1.165, 1.54) is 6.08 Å². The van der Waals surface area contributed by atoms with Gasteiger partial charge in [-0.2, -0.15) is 0 Å². The third-order valence-electron chi connectivity index (χ3n) is 2.26. The summed E-state index contributed by atoms with van der Waals surface area (Å²) in [6.07, 6.45) is -1.49. The summed E-state index contributed by atoms with van der Waals surface area (Å²) in [5.74, 6) is 0. The SMILES string of the molecule is C=CC1(O)C(CC)OC(O)C1O. The van der Waals surface area contributed by atoms with E-state index in [2.05, 4.69) is 6.58 Å². The van der Waals surface area contributed by atoms with Crippen molar-refractivity contribution in [2.75, 3.05) is 0 Å². The molecule has 3 N–H and O–H groups in total. The maximum absolute atomic E-state index is 9.75. The van der Waals surface area contributed by atoms with Crippen molar-refractivity contribution in [3.05, 3.63) is 12.7 Å². The quantitative estimate of drug-likeness (QED) is 0.488. The van der Waals surface area contributed by atoms with E-state index in [4.69, 9.17) is 9.84 Å². The standard InChI is InChI=1S/C8H14O4/c1-3-5-8(11,4-2)6(9)7(10)12-5/h4-7,9-11H,2-3H2,1H3. The highest BCUT2D eigenvalue weighted by Gasteiger charge is 2.51. The monoisotopic (exact) mass is 174 g/mol. The van der Waals surface area contributed by atoms with E-state index in [0.29, 0.717) is 6.42 Å². The Kier molecular flexibility index (Phi) is 2.53. The van der Waals surface area contributed by atoms with Crippen LogP contribution in [0.4, 0.5) is 0 Å². The van der Waals surface area contributed by atoms with Crippen LogP contribution in [0.2, 0.25) is 0 Å². The first-order valence-electron chi connectivity index (χ1n) is 3.93. The maximum Gasteiger partial charge on any atom is 0.184 e. The summed E-state index contributed by atoms with van der Waals surface area (Å²) < 4.78 is 4.91. The molecule has 0 spiro atoms. The molecule has 0 radical (unpaired) electrons. The molecule has 4 atom stereocenters. The molecule has 1 aliphatic rings. The lowest BCUT2D eigenvalue weighted by Crippen LogP contribution is -2.46. The van der Waals surface area contributed by atoms with Crippen LogP contribution in [0.1, 0.15) is 13.3 Å². The van der Waals surface area contributed by atoms with E-state index in [-0.39, 0.29) is 0 Å². The van der Waals surface area contributed by atoms with E-state index < -0.39 is 24.1 Å². The fourth-order valence-electron chi connectivity index (χ4n) is 1.45. The molecule has 0 aromatic carbocycles. The van der Waals surface area contributed by atoms with Crippen LogP contribution in [0, 0.1) is 0 Å². The van der Waals surface area contributed by atoms with E-state index in [9.17, 15) is 10.2 Å². The molecule has 0 amide bonds. The van der Waals surface area contributed by atoms with E-state index in [1.807, 2.05) is 0 Å². The number of hydrogen-bond acceptors (Lipinski definition) is 4. The molecule has 0 aromatic rings. The lowest BCUT2D eigenvalue weighted by Gasteiger charge is -2.25. The Labute approximate surface area is 71.1 Å². The van der Waals surface area contributed by atoms with Crippen LogP contribution in [0.3, 0.4) is 0 Å². The van der Waals surface area contributed by atoms with Crippen molar-refractivity contribution < 1.29 is 20.1 Å². The Hall–Kier alpha value is -0.420. The second-order valence-electron chi connectivity index (χ2n) is 2.96. The molecule has 4 nitrogen and oxygen atoms in total. The second kappa shape index (κ2) is 3.14. The Bertz CT molecular complexity index is 182. The van der Waals surface area contributed by atoms with Crippen molar-refractivity contribution in [3.63, 3.8) is 0 Å². The van der Waals surface area contributed by atoms with E-state index >= 15 is 0 Å². The topological polar surface area (TPSA) is 69.9 Å². The fourth-order valence-corrected chi connectivity index (χ4v) is 1.45. The summed E-state index contributed by atoms with van der Waals surface area (Å²) in [5.41, 5.74) is -1.52. The molecule has 1 rings (SSSR count). The number of hydrogen-bond donors (Lipinski definition) is 3. The predicted octanol–water partition coefficient (Wildman–Crippen LogP) is -0.608. The number of rotatable bonds is 2. The minimum Gasteiger partial charge on any atom is -0.384 e. The van der Waals surface area contributed by atoms with Crippen molar-refractivity contribution in [2.45, 2.75) is 37.4 Å². The number of aliphatic hydroxyl groups is 3. The van der Waals surface area contributed by atoms with Crippen molar-refractivity contribution in [1.82, 2.24) is 0 Å². The Morgan fingerprint density at radius 2 is 2.17 bits per heavy atom. The number of aliphatic hydroxyl groups excluding tert-OH is 2. The summed E-state index contributed by atoms with van der Waals surface area (Å²) in [7, 11) is 0. The molecule has 70 valence electrons. The van der Waals surface area contributed by atoms with Gasteiger partial charge in [0.25, 0.3) is 0 Å². The zero-order valence-electron chi connectivity index (χ0n) is 6.97. The molecular weight excluding hydrogens is 160 g/mol. The van der Waals surface area contributed by atoms with E-state index in [0.717, 1.165) is 0 Å². The van der Waals surface area contributed by atoms with Gasteiger partial charge in [0.1, 0.15) is 11.7 Å². The summed E-state index contributed by atoms with van der Waals surface area (Å²) in [6.45, 7) is 5.19. The molecular formula is C8H14O4. The normalized spacial score (nSPS) is 47.8. The van der Waals surface area contributed by atoms with Crippen LogP contribution in [0.25, 0.3) is 0 Å². The van der Waals surface area contributed by atoms with Crippen molar-refractivity contribution in [3.8, 4) is 0 Å². The van der Waals surface area contributed by atoms with Gasteiger partial charge in [-0.25, -0.2) is 0 Å². The van der Waals surface area contributed by atoms with Gasteiger partial charge >= 0.3 is 0 Å². The van der Waals surface area contributed by atoms with Gasteiger partial charge in [-0.3, -0.25) is 0 Å². The number of ether oxygens (including phenoxy) is 1. The zero-order valence-corrected chi connectivity index (χ0v) is 6.97. The van der Waals surface area contributed by atoms with Gasteiger partial charge < -0.3 is 20.1 Å². The highest BCUT2D eigenvalue weighted by molar-refractivity contribution is 5.10. The molecule has 1 aliphatic heterocycles.